The molecule has 7 heteroatoms. The number of amides is 2. The third kappa shape index (κ3) is 3.00. The highest BCUT2D eigenvalue weighted by Gasteiger charge is 2.33. The summed E-state index contributed by atoms with van der Waals surface area (Å²) in [4.78, 5) is 36.9. The maximum absolute atomic E-state index is 13.0. The maximum atomic E-state index is 13.0. The molecule has 2 amide bonds. The molecule has 1 aromatic carbocycles. The van der Waals surface area contributed by atoms with E-state index < -0.39 is 11.9 Å². The van der Waals surface area contributed by atoms with Crippen LogP contribution < -0.4 is 16.3 Å². The number of imide groups is 1. The Balaban J connectivity index is 1.85. The Morgan fingerprint density at radius 3 is 2.63 bits per heavy atom. The van der Waals surface area contributed by atoms with Gasteiger partial charge in [0.25, 0.3) is 0 Å². The predicted octanol–water partition coefficient (Wildman–Crippen LogP) is 1.56. The number of nitrogens with zero attached hydrogens (tertiary/aromatic N) is 2. The van der Waals surface area contributed by atoms with Crippen molar-refractivity contribution in [2.45, 2.75) is 57.0 Å². The lowest BCUT2D eigenvalue weighted by Gasteiger charge is -2.37. The molecule has 144 valence electrons. The van der Waals surface area contributed by atoms with Gasteiger partial charge >= 0.3 is 5.69 Å². The third-order valence-corrected chi connectivity index (χ3v) is 5.95. The molecule has 2 atom stereocenters. The Hall–Kier alpha value is -2.41. The van der Waals surface area contributed by atoms with Gasteiger partial charge in [-0.2, -0.15) is 0 Å². The van der Waals surface area contributed by atoms with Crippen LogP contribution in [0.4, 0.5) is 0 Å². The lowest BCUT2D eigenvalue weighted by molar-refractivity contribution is -0.135. The molecule has 0 bridgehead atoms. The maximum Gasteiger partial charge on any atom is 0.329 e. The zero-order valence-electron chi connectivity index (χ0n) is 16.0. The van der Waals surface area contributed by atoms with Gasteiger partial charge in [0.05, 0.1) is 11.0 Å². The minimum atomic E-state index is -0.640. The highest BCUT2D eigenvalue weighted by atomic mass is 16.2. The SMILES string of the molecule is Cn1c(=O)n(C2CCC(=O)NC2=O)c2cccc([C@H]3CCNC(C)(C)C3)c21. The Morgan fingerprint density at radius 2 is 1.93 bits per heavy atom. The monoisotopic (exact) mass is 370 g/mol. The van der Waals surface area contributed by atoms with Gasteiger partial charge in [-0.05, 0) is 57.2 Å². The number of aryl methyl sites for hydroxylation is 1. The molecular weight excluding hydrogens is 344 g/mol. The molecule has 1 unspecified atom stereocenters. The quantitative estimate of drug-likeness (QED) is 0.786. The van der Waals surface area contributed by atoms with Gasteiger partial charge in [-0.1, -0.05) is 12.1 Å². The summed E-state index contributed by atoms with van der Waals surface area (Å²) < 4.78 is 3.22. The van der Waals surface area contributed by atoms with E-state index in [0.717, 1.165) is 36.0 Å². The lowest BCUT2D eigenvalue weighted by Crippen LogP contribution is -2.45. The number of piperidine rings is 2. The lowest BCUT2D eigenvalue weighted by atomic mass is 9.80. The van der Waals surface area contributed by atoms with Gasteiger partial charge in [-0.3, -0.25) is 24.0 Å². The Bertz CT molecular complexity index is 985. The molecule has 2 saturated heterocycles. The fourth-order valence-electron chi connectivity index (χ4n) is 4.67. The summed E-state index contributed by atoms with van der Waals surface area (Å²) in [7, 11) is 1.77. The van der Waals surface area contributed by atoms with Crippen LogP contribution in [0.25, 0.3) is 11.0 Å². The van der Waals surface area contributed by atoms with E-state index in [0.29, 0.717) is 12.3 Å². The van der Waals surface area contributed by atoms with Crippen molar-refractivity contribution >= 4 is 22.8 Å². The smallest absolute Gasteiger partial charge is 0.312 e. The molecule has 0 spiro atoms. The molecule has 0 aliphatic carbocycles. The van der Waals surface area contributed by atoms with E-state index in [4.69, 9.17) is 0 Å². The second-order valence-electron chi connectivity index (χ2n) is 8.39. The predicted molar refractivity (Wildman–Crippen MR) is 103 cm³/mol. The number of hydrogen-bond donors (Lipinski definition) is 2. The second-order valence-corrected chi connectivity index (χ2v) is 8.39. The zero-order valence-corrected chi connectivity index (χ0v) is 16.0. The number of rotatable bonds is 2. The average Bonchev–Trinajstić information content (AvgIpc) is 2.86. The van der Waals surface area contributed by atoms with Crippen LogP contribution in [0.5, 0.6) is 0 Å². The van der Waals surface area contributed by atoms with E-state index in [9.17, 15) is 14.4 Å². The number of carbonyl (C=O) groups is 2. The number of benzene rings is 1. The number of carbonyl (C=O) groups excluding carboxylic acids is 2. The molecule has 2 N–H and O–H groups in total. The molecule has 0 radical (unpaired) electrons. The van der Waals surface area contributed by atoms with Crippen molar-refractivity contribution in [3.63, 3.8) is 0 Å². The van der Waals surface area contributed by atoms with Crippen molar-refractivity contribution in [3.05, 3.63) is 34.2 Å². The van der Waals surface area contributed by atoms with Crippen molar-refractivity contribution in [2.24, 2.45) is 7.05 Å². The molecule has 0 saturated carbocycles. The molecule has 2 fully saturated rings. The Morgan fingerprint density at radius 1 is 1.15 bits per heavy atom. The standard InChI is InChI=1S/C20H26N4O3/c1-20(2)11-12(9-10-21-20)13-5-4-6-14-17(13)23(3)19(27)24(14)15-7-8-16(25)22-18(15)26/h4-6,12,15,21H,7-11H2,1-3H3,(H,22,25,26)/t12-,15?/m0/s1. The zero-order chi connectivity index (χ0) is 19.3. The number of aromatic nitrogens is 2. The fraction of sp³-hybridized carbons (Fsp3) is 0.550. The van der Waals surface area contributed by atoms with Gasteiger partial charge < -0.3 is 5.32 Å². The minimum absolute atomic E-state index is 0.0517. The summed E-state index contributed by atoms with van der Waals surface area (Å²) in [5.41, 5.74) is 2.67. The van der Waals surface area contributed by atoms with Crippen LogP contribution in [-0.2, 0) is 16.6 Å². The topological polar surface area (TPSA) is 85.1 Å². The van der Waals surface area contributed by atoms with Gasteiger partial charge in [-0.25, -0.2) is 4.79 Å². The normalized spacial score (nSPS) is 25.6. The number of imidazole rings is 1. The highest BCUT2D eigenvalue weighted by molar-refractivity contribution is 6.00. The number of hydrogen-bond acceptors (Lipinski definition) is 4. The van der Waals surface area contributed by atoms with Gasteiger partial charge in [0, 0.05) is 19.0 Å². The van der Waals surface area contributed by atoms with Gasteiger partial charge in [0.2, 0.25) is 11.8 Å². The second kappa shape index (κ2) is 6.34. The molecule has 27 heavy (non-hydrogen) atoms. The first-order valence-electron chi connectivity index (χ1n) is 9.57. The van der Waals surface area contributed by atoms with Gasteiger partial charge in [0.1, 0.15) is 6.04 Å². The third-order valence-electron chi connectivity index (χ3n) is 5.95. The van der Waals surface area contributed by atoms with E-state index in [1.54, 1.807) is 16.2 Å². The van der Waals surface area contributed by atoms with Crippen LogP contribution >= 0.6 is 0 Å². The van der Waals surface area contributed by atoms with Crippen LogP contribution in [0.2, 0.25) is 0 Å². The molecule has 4 rings (SSSR count). The number of nitrogens with one attached hydrogen (secondary N) is 2. The summed E-state index contributed by atoms with van der Waals surface area (Å²) >= 11 is 0. The number of fused-ring (bicyclic) bond motifs is 1. The van der Waals surface area contributed by atoms with Crippen molar-refractivity contribution < 1.29 is 9.59 Å². The van der Waals surface area contributed by atoms with Crippen molar-refractivity contribution in [1.82, 2.24) is 19.8 Å². The Labute approximate surface area is 157 Å². The Kier molecular flexibility index (Phi) is 4.22. The fourth-order valence-corrected chi connectivity index (χ4v) is 4.67. The first kappa shape index (κ1) is 18.0. The van der Waals surface area contributed by atoms with Crippen LogP contribution in [0.1, 0.15) is 57.1 Å². The minimum Gasteiger partial charge on any atom is -0.312 e. The summed E-state index contributed by atoms with van der Waals surface area (Å²) in [6, 6.07) is 5.33. The van der Waals surface area contributed by atoms with Crippen molar-refractivity contribution in [3.8, 4) is 0 Å². The molecule has 3 heterocycles. The molecule has 1 aromatic heterocycles. The van der Waals surface area contributed by atoms with Gasteiger partial charge in [0.15, 0.2) is 0 Å². The molecular formula is C20H26N4O3. The van der Waals surface area contributed by atoms with E-state index in [-0.39, 0.29) is 23.6 Å². The summed E-state index contributed by atoms with van der Waals surface area (Å²) in [5, 5.41) is 5.90. The summed E-state index contributed by atoms with van der Waals surface area (Å²) in [6.07, 6.45) is 2.61. The summed E-state index contributed by atoms with van der Waals surface area (Å²) in [6.45, 7) is 5.34. The van der Waals surface area contributed by atoms with Crippen LogP contribution in [0.15, 0.2) is 23.0 Å². The molecule has 7 nitrogen and oxygen atoms in total. The molecule has 2 aliphatic rings. The van der Waals surface area contributed by atoms with Crippen molar-refractivity contribution in [1.29, 1.82) is 0 Å². The van der Waals surface area contributed by atoms with E-state index in [2.05, 4.69) is 30.5 Å². The number of para-hydroxylation sites is 1. The van der Waals surface area contributed by atoms with Crippen LogP contribution in [0.3, 0.4) is 0 Å². The van der Waals surface area contributed by atoms with Gasteiger partial charge in [-0.15, -0.1) is 0 Å². The largest absolute Gasteiger partial charge is 0.329 e. The first-order chi connectivity index (χ1) is 12.8. The van der Waals surface area contributed by atoms with Crippen LogP contribution in [0, 0.1) is 0 Å². The first-order valence-corrected chi connectivity index (χ1v) is 9.57. The average molecular weight is 370 g/mol. The van der Waals surface area contributed by atoms with E-state index >= 15 is 0 Å². The van der Waals surface area contributed by atoms with E-state index in [1.807, 2.05) is 12.1 Å². The van der Waals surface area contributed by atoms with Crippen molar-refractivity contribution in [2.75, 3.05) is 6.54 Å². The summed E-state index contributed by atoms with van der Waals surface area (Å²) in [5.74, 6) is -0.315. The molecule has 2 aromatic rings. The van der Waals surface area contributed by atoms with Crippen LogP contribution in [-0.4, -0.2) is 33.0 Å². The highest BCUT2D eigenvalue weighted by Crippen LogP contribution is 2.36. The molecule has 2 aliphatic heterocycles. The van der Waals surface area contributed by atoms with E-state index in [1.165, 1.54) is 0 Å².